The van der Waals surface area contributed by atoms with Crippen LogP contribution in [-0.2, 0) is 0 Å². The Kier molecular flexibility index (Phi) is 4.28. The number of hydrogen-bond donors (Lipinski definition) is 2. The van der Waals surface area contributed by atoms with Gasteiger partial charge in [-0.25, -0.2) is 0 Å². The third kappa shape index (κ3) is 3.00. The Hall–Kier alpha value is -3.33. The van der Waals surface area contributed by atoms with Crippen LogP contribution in [0.25, 0.3) is 10.9 Å². The number of para-hydroxylation sites is 1. The number of aromatic hydroxyl groups is 1. The molecule has 0 amide bonds. The molecule has 26 heavy (non-hydrogen) atoms. The van der Waals surface area contributed by atoms with Crippen molar-refractivity contribution in [1.29, 1.82) is 0 Å². The smallest absolute Gasteiger partial charge is 0.147 e. The number of hydrogen-bond acceptors (Lipinski definition) is 3. The van der Waals surface area contributed by atoms with E-state index in [1.165, 1.54) is 0 Å². The molecule has 0 saturated carbocycles. The van der Waals surface area contributed by atoms with E-state index in [2.05, 4.69) is 41.5 Å². The summed E-state index contributed by atoms with van der Waals surface area (Å²) in [7, 11) is 0. The predicted octanol–water partition coefficient (Wildman–Crippen LogP) is 5.45. The number of aryl methyl sites for hydroxylation is 1. The summed E-state index contributed by atoms with van der Waals surface area (Å²) in [5.74, 6) is 0.220. The maximum absolute atomic E-state index is 10.9. The lowest BCUT2D eigenvalue weighted by Crippen LogP contribution is -2.13. The number of rotatable bonds is 4. The minimum absolute atomic E-state index is 0.177. The van der Waals surface area contributed by atoms with Gasteiger partial charge in [0.2, 0.25) is 0 Å². The normalized spacial score (nSPS) is 12.0. The maximum Gasteiger partial charge on any atom is 0.147 e. The number of benzene rings is 3. The Bertz CT molecular complexity index is 1040. The van der Waals surface area contributed by atoms with Crippen molar-refractivity contribution >= 4 is 16.6 Å². The van der Waals surface area contributed by atoms with Crippen molar-refractivity contribution in [3.63, 3.8) is 0 Å². The fourth-order valence-corrected chi connectivity index (χ4v) is 3.25. The summed E-state index contributed by atoms with van der Waals surface area (Å²) in [6.07, 6.45) is 1.71. The summed E-state index contributed by atoms with van der Waals surface area (Å²) in [4.78, 5) is 4.36. The molecule has 1 unspecified atom stereocenters. The van der Waals surface area contributed by atoms with Crippen molar-refractivity contribution in [3.05, 3.63) is 102 Å². The zero-order valence-corrected chi connectivity index (χ0v) is 14.6. The zero-order valence-electron chi connectivity index (χ0n) is 14.6. The molecule has 3 heteroatoms. The second-order valence-corrected chi connectivity index (χ2v) is 6.38. The minimum Gasteiger partial charge on any atom is -0.505 e. The molecular weight excluding hydrogens is 320 g/mol. The van der Waals surface area contributed by atoms with Crippen molar-refractivity contribution in [3.8, 4) is 5.75 Å². The van der Waals surface area contributed by atoms with Gasteiger partial charge in [-0.15, -0.1) is 0 Å². The highest BCUT2D eigenvalue weighted by Crippen LogP contribution is 2.36. The molecule has 3 aromatic carbocycles. The third-order valence-corrected chi connectivity index (χ3v) is 4.67. The molecule has 0 spiro atoms. The molecule has 0 fully saturated rings. The van der Waals surface area contributed by atoms with E-state index in [1.54, 1.807) is 6.20 Å². The molecule has 0 aliphatic heterocycles. The molecule has 4 aromatic rings. The van der Waals surface area contributed by atoms with Crippen LogP contribution in [0.15, 0.2) is 85.1 Å². The first-order valence-corrected chi connectivity index (χ1v) is 8.68. The van der Waals surface area contributed by atoms with Gasteiger partial charge < -0.3 is 10.4 Å². The first kappa shape index (κ1) is 16.2. The Morgan fingerprint density at radius 2 is 1.62 bits per heavy atom. The number of nitrogens with one attached hydrogen (secondary N) is 1. The van der Waals surface area contributed by atoms with Gasteiger partial charge in [0.15, 0.2) is 0 Å². The zero-order chi connectivity index (χ0) is 17.9. The van der Waals surface area contributed by atoms with Gasteiger partial charge in [-0.05, 0) is 30.2 Å². The van der Waals surface area contributed by atoms with Crippen molar-refractivity contribution in [2.45, 2.75) is 13.0 Å². The van der Waals surface area contributed by atoms with Gasteiger partial charge in [-0.1, -0.05) is 66.7 Å². The van der Waals surface area contributed by atoms with Crippen LogP contribution in [0.2, 0.25) is 0 Å². The molecule has 0 aliphatic rings. The summed E-state index contributed by atoms with van der Waals surface area (Å²) >= 11 is 0. The van der Waals surface area contributed by atoms with Crippen molar-refractivity contribution < 1.29 is 5.11 Å². The Balaban J connectivity index is 1.86. The SMILES string of the molecule is Cc1ccccc1NC(c1ccccc1)c1ccc2cccnc2c1O. The summed E-state index contributed by atoms with van der Waals surface area (Å²) < 4.78 is 0. The maximum atomic E-state index is 10.9. The highest BCUT2D eigenvalue weighted by atomic mass is 16.3. The van der Waals surface area contributed by atoms with Gasteiger partial charge in [-0.3, -0.25) is 4.98 Å². The molecular formula is C23H20N2O. The fraction of sp³-hybridized carbons (Fsp3) is 0.0870. The van der Waals surface area contributed by atoms with Crippen LogP contribution in [0.3, 0.4) is 0 Å². The highest BCUT2D eigenvalue weighted by Gasteiger charge is 2.20. The first-order valence-electron chi connectivity index (χ1n) is 8.68. The molecule has 1 atom stereocenters. The van der Waals surface area contributed by atoms with Gasteiger partial charge in [0.05, 0.1) is 6.04 Å². The topological polar surface area (TPSA) is 45.2 Å². The molecule has 0 radical (unpaired) electrons. The largest absolute Gasteiger partial charge is 0.505 e. The second-order valence-electron chi connectivity index (χ2n) is 6.38. The number of pyridine rings is 1. The highest BCUT2D eigenvalue weighted by molar-refractivity contribution is 5.86. The summed E-state index contributed by atoms with van der Waals surface area (Å²) in [6, 6.07) is 26.0. The molecule has 128 valence electrons. The quantitative estimate of drug-likeness (QED) is 0.519. The number of anilines is 1. The Labute approximate surface area is 153 Å². The van der Waals surface area contributed by atoms with Gasteiger partial charge in [0, 0.05) is 22.8 Å². The number of fused-ring (bicyclic) bond motifs is 1. The van der Waals surface area contributed by atoms with Gasteiger partial charge in [0.25, 0.3) is 0 Å². The van der Waals surface area contributed by atoms with Crippen molar-refractivity contribution in [1.82, 2.24) is 4.98 Å². The van der Waals surface area contributed by atoms with E-state index < -0.39 is 0 Å². The van der Waals surface area contributed by atoms with Crippen LogP contribution < -0.4 is 5.32 Å². The van der Waals surface area contributed by atoms with Crippen LogP contribution in [0, 0.1) is 6.92 Å². The van der Waals surface area contributed by atoms with Crippen LogP contribution in [0.1, 0.15) is 22.7 Å². The van der Waals surface area contributed by atoms with Crippen LogP contribution in [0.5, 0.6) is 5.75 Å². The molecule has 1 aromatic heterocycles. The molecule has 1 heterocycles. The van der Waals surface area contributed by atoms with Gasteiger partial charge in [0.1, 0.15) is 11.3 Å². The number of aromatic nitrogens is 1. The second kappa shape index (κ2) is 6.89. The third-order valence-electron chi connectivity index (χ3n) is 4.67. The average molecular weight is 340 g/mol. The van der Waals surface area contributed by atoms with Gasteiger partial charge >= 0.3 is 0 Å². The van der Waals surface area contributed by atoms with Crippen LogP contribution in [-0.4, -0.2) is 10.1 Å². The lowest BCUT2D eigenvalue weighted by molar-refractivity contribution is 0.472. The molecule has 0 saturated heterocycles. The Morgan fingerprint density at radius 1 is 0.846 bits per heavy atom. The van der Waals surface area contributed by atoms with E-state index in [9.17, 15) is 5.11 Å². The molecule has 0 aliphatic carbocycles. The number of nitrogens with zero attached hydrogens (tertiary/aromatic N) is 1. The van der Waals surface area contributed by atoms with Crippen molar-refractivity contribution in [2.75, 3.05) is 5.32 Å². The molecule has 4 rings (SSSR count). The standard InChI is InChI=1S/C23H20N2O/c1-16-8-5-6-12-20(16)25-21(17-9-3-2-4-10-17)19-14-13-18-11-7-15-24-22(18)23(19)26/h2-15,21,25-26H,1H3. The average Bonchev–Trinajstić information content (AvgIpc) is 2.69. The summed E-state index contributed by atoms with van der Waals surface area (Å²) in [5.41, 5.74) is 4.72. The van der Waals surface area contributed by atoms with E-state index >= 15 is 0 Å². The summed E-state index contributed by atoms with van der Waals surface area (Å²) in [6.45, 7) is 2.08. The van der Waals surface area contributed by atoms with E-state index in [4.69, 9.17) is 0 Å². The van der Waals surface area contributed by atoms with Crippen LogP contribution in [0.4, 0.5) is 5.69 Å². The van der Waals surface area contributed by atoms with Gasteiger partial charge in [-0.2, -0.15) is 0 Å². The van der Waals surface area contributed by atoms with Crippen LogP contribution >= 0.6 is 0 Å². The van der Waals surface area contributed by atoms with E-state index in [1.807, 2.05) is 54.6 Å². The fourth-order valence-electron chi connectivity index (χ4n) is 3.25. The first-order chi connectivity index (χ1) is 12.7. The molecule has 3 nitrogen and oxygen atoms in total. The number of phenols is 1. The lowest BCUT2D eigenvalue weighted by Gasteiger charge is -2.23. The van der Waals surface area contributed by atoms with Crippen molar-refractivity contribution in [2.24, 2.45) is 0 Å². The minimum atomic E-state index is -0.177. The van der Waals surface area contributed by atoms with E-state index in [0.717, 1.165) is 27.8 Å². The predicted molar refractivity (Wildman–Crippen MR) is 106 cm³/mol. The monoisotopic (exact) mass is 340 g/mol. The summed E-state index contributed by atoms with van der Waals surface area (Å²) in [5, 5.41) is 15.5. The molecule has 0 bridgehead atoms. The lowest BCUT2D eigenvalue weighted by atomic mass is 9.95. The molecule has 2 N–H and O–H groups in total. The van der Waals surface area contributed by atoms with E-state index in [0.29, 0.717) is 5.52 Å². The van der Waals surface area contributed by atoms with E-state index in [-0.39, 0.29) is 11.8 Å². The number of phenolic OH excluding ortho intramolecular Hbond substituents is 1. The Morgan fingerprint density at radius 3 is 2.42 bits per heavy atom.